The number of nitrogen functional groups attached to an aromatic ring is 1. The number of amides is 1. The summed E-state index contributed by atoms with van der Waals surface area (Å²) in [7, 11) is 0. The Balaban J connectivity index is 1.53. The van der Waals surface area contributed by atoms with Gasteiger partial charge in [0, 0.05) is 24.2 Å². The Labute approximate surface area is 155 Å². The van der Waals surface area contributed by atoms with Crippen molar-refractivity contribution in [2.45, 2.75) is 38.0 Å². The van der Waals surface area contributed by atoms with Crippen LogP contribution >= 0.6 is 0 Å². The highest BCUT2D eigenvalue weighted by Crippen LogP contribution is 2.24. The molecule has 1 aromatic carbocycles. The molecule has 1 aliphatic heterocycles. The number of aliphatic hydroxyl groups is 2. The number of nitrogens with zero attached hydrogens (tertiary/aromatic N) is 1. The number of aromatic nitrogens is 2. The summed E-state index contributed by atoms with van der Waals surface area (Å²) in [6.07, 6.45) is 0.452. The Morgan fingerprint density at radius 2 is 2.00 bits per heavy atom. The van der Waals surface area contributed by atoms with Gasteiger partial charge >= 0.3 is 0 Å². The number of benzene rings is 1. The zero-order valence-electron chi connectivity index (χ0n) is 14.7. The number of anilines is 2. The first-order chi connectivity index (χ1) is 12.9. The van der Waals surface area contributed by atoms with Gasteiger partial charge in [-0.2, -0.15) is 0 Å². The topological polar surface area (TPSA) is 153 Å². The molecule has 3 rings (SSSR count). The highest BCUT2D eigenvalue weighted by Gasteiger charge is 2.21. The van der Waals surface area contributed by atoms with Crippen LogP contribution in [0.15, 0.2) is 29.1 Å². The van der Waals surface area contributed by atoms with E-state index < -0.39 is 11.8 Å². The second-order valence-corrected chi connectivity index (χ2v) is 6.50. The molecule has 0 aliphatic carbocycles. The van der Waals surface area contributed by atoms with E-state index in [1.54, 1.807) is 0 Å². The van der Waals surface area contributed by atoms with Crippen LogP contribution in [0.25, 0.3) is 0 Å². The SMILES string of the molecule is Nc1nc(C(O)O)c(CCCNc2ccc(C3CCC(=O)N3)cc2)c(=O)[nH]1. The zero-order valence-corrected chi connectivity index (χ0v) is 14.7. The third-order valence-corrected chi connectivity index (χ3v) is 4.55. The van der Waals surface area contributed by atoms with E-state index in [4.69, 9.17) is 5.73 Å². The minimum Gasteiger partial charge on any atom is -0.385 e. The van der Waals surface area contributed by atoms with Crippen LogP contribution in [0.2, 0.25) is 0 Å². The van der Waals surface area contributed by atoms with E-state index >= 15 is 0 Å². The lowest BCUT2D eigenvalue weighted by Gasteiger charge is -2.13. The van der Waals surface area contributed by atoms with Crippen LogP contribution in [0.3, 0.4) is 0 Å². The number of carbonyl (C=O) groups excluding carboxylic acids is 1. The molecular formula is C18H23N5O4. The molecule has 7 N–H and O–H groups in total. The Morgan fingerprint density at radius 3 is 2.63 bits per heavy atom. The molecule has 1 amide bonds. The summed E-state index contributed by atoms with van der Waals surface area (Å²) in [6.45, 7) is 0.588. The maximum atomic E-state index is 12.0. The lowest BCUT2D eigenvalue weighted by Crippen LogP contribution is -2.22. The van der Waals surface area contributed by atoms with Crippen LogP contribution < -0.4 is 21.9 Å². The Kier molecular flexibility index (Phi) is 5.72. The third-order valence-electron chi connectivity index (χ3n) is 4.55. The van der Waals surface area contributed by atoms with Gasteiger partial charge in [-0.05, 0) is 37.0 Å². The van der Waals surface area contributed by atoms with Crippen LogP contribution in [0, 0.1) is 0 Å². The second-order valence-electron chi connectivity index (χ2n) is 6.50. The molecule has 1 saturated heterocycles. The molecule has 1 atom stereocenters. The van der Waals surface area contributed by atoms with Gasteiger partial charge in [-0.1, -0.05) is 12.1 Å². The summed E-state index contributed by atoms with van der Waals surface area (Å²) in [5.41, 5.74) is 7.08. The number of aromatic amines is 1. The molecule has 0 radical (unpaired) electrons. The van der Waals surface area contributed by atoms with Gasteiger partial charge in [0.15, 0.2) is 6.29 Å². The molecule has 1 aliphatic rings. The van der Waals surface area contributed by atoms with E-state index in [1.807, 2.05) is 24.3 Å². The Hall–Kier alpha value is -2.91. The number of H-pyrrole nitrogens is 1. The number of nitrogens with one attached hydrogen (secondary N) is 3. The fourth-order valence-electron chi connectivity index (χ4n) is 3.18. The molecule has 9 heteroatoms. The van der Waals surface area contributed by atoms with E-state index in [1.165, 1.54) is 0 Å². The van der Waals surface area contributed by atoms with Crippen LogP contribution in [0.4, 0.5) is 11.6 Å². The summed E-state index contributed by atoms with van der Waals surface area (Å²) in [5, 5.41) is 24.9. The highest BCUT2D eigenvalue weighted by molar-refractivity contribution is 5.78. The van der Waals surface area contributed by atoms with Gasteiger partial charge < -0.3 is 26.6 Å². The third kappa shape index (κ3) is 4.63. The number of nitrogens with two attached hydrogens (primary N) is 1. The molecule has 9 nitrogen and oxygen atoms in total. The summed E-state index contributed by atoms with van der Waals surface area (Å²) in [6, 6.07) is 7.93. The minimum absolute atomic E-state index is 0.0830. The van der Waals surface area contributed by atoms with Gasteiger partial charge in [0.25, 0.3) is 5.56 Å². The van der Waals surface area contributed by atoms with Crippen molar-refractivity contribution in [1.82, 2.24) is 15.3 Å². The molecule has 2 aromatic rings. The lowest BCUT2D eigenvalue weighted by atomic mass is 10.1. The predicted octanol–water partition coefficient (Wildman–Crippen LogP) is 0.331. The minimum atomic E-state index is -1.85. The summed E-state index contributed by atoms with van der Waals surface area (Å²) < 4.78 is 0. The predicted molar refractivity (Wildman–Crippen MR) is 99.8 cm³/mol. The van der Waals surface area contributed by atoms with Crippen molar-refractivity contribution in [3.8, 4) is 0 Å². The summed E-state index contributed by atoms with van der Waals surface area (Å²) in [5.74, 6) is -0.0646. The molecule has 1 unspecified atom stereocenters. The Bertz CT molecular complexity index is 863. The van der Waals surface area contributed by atoms with E-state index in [9.17, 15) is 19.8 Å². The second kappa shape index (κ2) is 8.19. The molecule has 2 heterocycles. The van der Waals surface area contributed by atoms with Crippen molar-refractivity contribution in [3.63, 3.8) is 0 Å². The highest BCUT2D eigenvalue weighted by atomic mass is 16.5. The van der Waals surface area contributed by atoms with E-state index in [-0.39, 0.29) is 29.2 Å². The largest absolute Gasteiger partial charge is 0.385 e. The summed E-state index contributed by atoms with van der Waals surface area (Å²) >= 11 is 0. The van der Waals surface area contributed by atoms with Crippen LogP contribution in [-0.2, 0) is 11.2 Å². The number of aliphatic hydroxyl groups excluding tert-OH is 1. The number of rotatable bonds is 7. The first-order valence-electron chi connectivity index (χ1n) is 8.82. The molecular weight excluding hydrogens is 350 g/mol. The van der Waals surface area contributed by atoms with Gasteiger partial charge in [0.1, 0.15) is 5.69 Å². The van der Waals surface area contributed by atoms with Crippen molar-refractivity contribution in [2.75, 3.05) is 17.6 Å². The Morgan fingerprint density at radius 1 is 1.26 bits per heavy atom. The average molecular weight is 373 g/mol. The van der Waals surface area contributed by atoms with E-state index in [0.717, 1.165) is 17.7 Å². The molecule has 0 bridgehead atoms. The molecule has 1 fully saturated rings. The smallest absolute Gasteiger partial charge is 0.255 e. The maximum Gasteiger partial charge on any atom is 0.255 e. The normalized spacial score (nSPS) is 16.6. The van der Waals surface area contributed by atoms with Crippen LogP contribution in [-0.4, -0.2) is 32.6 Å². The summed E-state index contributed by atoms with van der Waals surface area (Å²) in [4.78, 5) is 29.4. The van der Waals surface area contributed by atoms with Crippen molar-refractivity contribution in [1.29, 1.82) is 0 Å². The molecule has 144 valence electrons. The van der Waals surface area contributed by atoms with E-state index in [2.05, 4.69) is 20.6 Å². The molecule has 27 heavy (non-hydrogen) atoms. The average Bonchev–Trinajstić information content (AvgIpc) is 3.06. The van der Waals surface area contributed by atoms with Crippen LogP contribution in [0.1, 0.15) is 48.4 Å². The number of carbonyl (C=O) groups is 1. The maximum absolute atomic E-state index is 12.0. The number of hydrogen-bond acceptors (Lipinski definition) is 7. The monoisotopic (exact) mass is 373 g/mol. The number of hydrogen-bond donors (Lipinski definition) is 6. The van der Waals surface area contributed by atoms with Gasteiger partial charge in [-0.3, -0.25) is 14.6 Å². The molecule has 0 saturated carbocycles. The molecule has 0 spiro atoms. The first-order valence-corrected chi connectivity index (χ1v) is 8.82. The van der Waals surface area contributed by atoms with Crippen molar-refractivity contribution in [3.05, 3.63) is 51.4 Å². The fourth-order valence-corrected chi connectivity index (χ4v) is 3.18. The quantitative estimate of drug-likeness (QED) is 0.302. The van der Waals surface area contributed by atoms with Crippen molar-refractivity contribution >= 4 is 17.5 Å². The van der Waals surface area contributed by atoms with Gasteiger partial charge in [-0.25, -0.2) is 4.98 Å². The van der Waals surface area contributed by atoms with Gasteiger partial charge in [-0.15, -0.1) is 0 Å². The zero-order chi connectivity index (χ0) is 19.4. The van der Waals surface area contributed by atoms with Gasteiger partial charge in [0.2, 0.25) is 11.9 Å². The van der Waals surface area contributed by atoms with E-state index in [0.29, 0.717) is 25.8 Å². The van der Waals surface area contributed by atoms with Crippen LogP contribution in [0.5, 0.6) is 0 Å². The lowest BCUT2D eigenvalue weighted by molar-refractivity contribution is -0.119. The standard InChI is InChI=1S/C18H23N5O4/c19-18-22-15(17(26)27)12(16(25)23-18)2-1-9-20-11-5-3-10(4-6-11)13-7-8-14(24)21-13/h3-6,13,17,20,26-27H,1-2,7-9H2,(H,21,24)(H3,19,22,23,25). The fraction of sp³-hybridized carbons (Fsp3) is 0.389. The van der Waals surface area contributed by atoms with Crippen molar-refractivity contribution < 1.29 is 15.0 Å². The van der Waals surface area contributed by atoms with Gasteiger partial charge in [0.05, 0.1) is 6.04 Å². The first kappa shape index (κ1) is 18.9. The van der Waals surface area contributed by atoms with Crippen molar-refractivity contribution in [2.24, 2.45) is 0 Å². The molecule has 1 aromatic heterocycles.